The van der Waals surface area contributed by atoms with Gasteiger partial charge in [0.1, 0.15) is 18.1 Å². The first-order chi connectivity index (χ1) is 14.9. The standard InChI is InChI=1S/C24H25FN2O4/c1-31-19-4-2-3-15(10-19)9-18(28)13-26-17-6-8-23-21(12-17)20-11-16(25)5-7-22(20)27(23)14-24(29)30/h2-5,7,10-11,17,26H,6,8-9,12-14H2,1H3,(H,29,30)/t17-/m0/s1. The molecule has 1 atom stereocenters. The van der Waals surface area contributed by atoms with Gasteiger partial charge in [-0.25, -0.2) is 4.39 Å². The summed E-state index contributed by atoms with van der Waals surface area (Å²) in [5.74, 6) is -0.458. The number of Topliss-reactive ketones (excluding diaryl/α,β-unsaturated/α-hetero) is 1. The smallest absolute Gasteiger partial charge is 0.323 e. The summed E-state index contributed by atoms with van der Waals surface area (Å²) >= 11 is 0. The minimum atomic E-state index is -0.924. The zero-order valence-electron chi connectivity index (χ0n) is 17.4. The summed E-state index contributed by atoms with van der Waals surface area (Å²) in [4.78, 5) is 23.8. The number of hydrogen-bond acceptors (Lipinski definition) is 4. The Labute approximate surface area is 179 Å². The van der Waals surface area contributed by atoms with Crippen LogP contribution in [0.2, 0.25) is 0 Å². The number of benzene rings is 2. The van der Waals surface area contributed by atoms with E-state index in [1.165, 1.54) is 12.1 Å². The number of aliphatic carboxylic acids is 1. The minimum Gasteiger partial charge on any atom is -0.497 e. The van der Waals surface area contributed by atoms with Gasteiger partial charge in [0.2, 0.25) is 0 Å². The molecule has 0 amide bonds. The fourth-order valence-corrected chi connectivity index (χ4v) is 4.44. The van der Waals surface area contributed by atoms with E-state index in [2.05, 4.69) is 5.32 Å². The van der Waals surface area contributed by atoms with Gasteiger partial charge in [-0.3, -0.25) is 9.59 Å². The second kappa shape index (κ2) is 8.89. The molecule has 0 aliphatic heterocycles. The quantitative estimate of drug-likeness (QED) is 0.581. The molecule has 0 spiro atoms. The van der Waals surface area contributed by atoms with Gasteiger partial charge in [-0.2, -0.15) is 0 Å². The Morgan fingerprint density at radius 3 is 2.87 bits per heavy atom. The number of hydrogen-bond donors (Lipinski definition) is 2. The zero-order chi connectivity index (χ0) is 22.0. The molecule has 1 aromatic heterocycles. The van der Waals surface area contributed by atoms with Crippen LogP contribution in [0.3, 0.4) is 0 Å². The maximum absolute atomic E-state index is 13.9. The third-order valence-electron chi connectivity index (χ3n) is 5.85. The largest absolute Gasteiger partial charge is 0.497 e. The number of carboxylic acid groups (broad SMARTS) is 1. The van der Waals surface area contributed by atoms with Crippen LogP contribution in [-0.4, -0.2) is 41.1 Å². The number of nitrogens with one attached hydrogen (secondary N) is 1. The summed E-state index contributed by atoms with van der Waals surface area (Å²) in [5.41, 5.74) is 3.57. The van der Waals surface area contributed by atoms with Crippen molar-refractivity contribution in [2.24, 2.45) is 0 Å². The van der Waals surface area contributed by atoms with Crippen molar-refractivity contribution in [3.63, 3.8) is 0 Å². The van der Waals surface area contributed by atoms with E-state index in [0.717, 1.165) is 39.9 Å². The Bertz CT molecular complexity index is 1140. The molecule has 7 heteroatoms. The number of carbonyl (C=O) groups excluding carboxylic acids is 1. The summed E-state index contributed by atoms with van der Waals surface area (Å²) in [6, 6.07) is 12.0. The number of aromatic nitrogens is 1. The van der Waals surface area contributed by atoms with Crippen LogP contribution in [0.25, 0.3) is 10.9 Å². The molecule has 0 radical (unpaired) electrons. The van der Waals surface area contributed by atoms with E-state index in [1.54, 1.807) is 17.7 Å². The molecule has 162 valence electrons. The summed E-state index contributed by atoms with van der Waals surface area (Å²) < 4.78 is 20.9. The van der Waals surface area contributed by atoms with Crippen molar-refractivity contribution in [1.82, 2.24) is 9.88 Å². The average molecular weight is 424 g/mol. The Morgan fingerprint density at radius 1 is 1.26 bits per heavy atom. The average Bonchev–Trinajstić information content (AvgIpc) is 3.04. The third-order valence-corrected chi connectivity index (χ3v) is 5.85. The van der Waals surface area contributed by atoms with Crippen molar-refractivity contribution < 1.29 is 23.8 Å². The number of ketones is 1. The highest BCUT2D eigenvalue weighted by Crippen LogP contribution is 2.33. The molecule has 4 rings (SSSR count). The van der Waals surface area contributed by atoms with Crippen LogP contribution in [0.1, 0.15) is 23.2 Å². The van der Waals surface area contributed by atoms with E-state index in [4.69, 9.17) is 4.74 Å². The fourth-order valence-electron chi connectivity index (χ4n) is 4.44. The number of methoxy groups -OCH3 is 1. The molecule has 3 aromatic rings. The molecule has 1 aliphatic carbocycles. The summed E-state index contributed by atoms with van der Waals surface area (Å²) in [7, 11) is 1.60. The van der Waals surface area contributed by atoms with Gasteiger partial charge in [0, 0.05) is 29.1 Å². The third kappa shape index (κ3) is 4.61. The molecule has 2 aromatic carbocycles. The lowest BCUT2D eigenvalue weighted by molar-refractivity contribution is -0.137. The molecule has 0 bridgehead atoms. The predicted octanol–water partition coefficient (Wildman–Crippen LogP) is 3.13. The van der Waals surface area contributed by atoms with Gasteiger partial charge in [-0.1, -0.05) is 12.1 Å². The summed E-state index contributed by atoms with van der Waals surface area (Å²) in [6.45, 7) is 0.105. The first-order valence-corrected chi connectivity index (χ1v) is 10.3. The van der Waals surface area contributed by atoms with Crippen LogP contribution < -0.4 is 10.1 Å². The second-order valence-electron chi connectivity index (χ2n) is 7.95. The molecule has 0 unspecified atom stereocenters. The zero-order valence-corrected chi connectivity index (χ0v) is 17.4. The molecule has 31 heavy (non-hydrogen) atoms. The molecule has 6 nitrogen and oxygen atoms in total. The lowest BCUT2D eigenvalue weighted by Gasteiger charge is -2.25. The van der Waals surface area contributed by atoms with E-state index < -0.39 is 5.97 Å². The summed E-state index contributed by atoms with van der Waals surface area (Å²) in [6.07, 6.45) is 2.43. The van der Waals surface area contributed by atoms with Gasteiger partial charge in [0.25, 0.3) is 0 Å². The van der Waals surface area contributed by atoms with Gasteiger partial charge in [0.15, 0.2) is 5.78 Å². The Kier molecular flexibility index (Phi) is 6.04. The predicted molar refractivity (Wildman–Crippen MR) is 115 cm³/mol. The molecule has 2 N–H and O–H groups in total. The molecular weight excluding hydrogens is 399 g/mol. The SMILES string of the molecule is COc1cccc(CC(=O)CN[C@H]2CCc3c(c4cc(F)ccc4n3CC(=O)O)C2)c1. The molecule has 0 fully saturated rings. The number of halogens is 1. The maximum Gasteiger partial charge on any atom is 0.323 e. The van der Waals surface area contributed by atoms with Crippen molar-refractivity contribution in [1.29, 1.82) is 0 Å². The highest BCUT2D eigenvalue weighted by Gasteiger charge is 2.26. The number of carboxylic acids is 1. The molecule has 1 aliphatic rings. The lowest BCUT2D eigenvalue weighted by Crippen LogP contribution is -2.38. The summed E-state index contributed by atoms with van der Waals surface area (Å²) in [5, 5.41) is 13.4. The Balaban J connectivity index is 1.46. The first kappa shape index (κ1) is 21.1. The number of nitrogens with zero attached hydrogens (tertiary/aromatic N) is 1. The highest BCUT2D eigenvalue weighted by atomic mass is 19.1. The van der Waals surface area contributed by atoms with E-state index in [9.17, 15) is 19.1 Å². The van der Waals surface area contributed by atoms with Crippen LogP contribution >= 0.6 is 0 Å². The Morgan fingerprint density at radius 2 is 2.10 bits per heavy atom. The van der Waals surface area contributed by atoms with Crippen molar-refractivity contribution in [2.75, 3.05) is 13.7 Å². The van der Waals surface area contributed by atoms with Crippen LogP contribution in [0.5, 0.6) is 5.75 Å². The van der Waals surface area contributed by atoms with Crippen molar-refractivity contribution in [2.45, 2.75) is 38.3 Å². The highest BCUT2D eigenvalue weighted by molar-refractivity contribution is 5.87. The fraction of sp³-hybridized carbons (Fsp3) is 0.333. The molecular formula is C24H25FN2O4. The van der Waals surface area contributed by atoms with E-state index >= 15 is 0 Å². The van der Waals surface area contributed by atoms with Crippen LogP contribution in [0.15, 0.2) is 42.5 Å². The number of rotatable bonds is 8. The van der Waals surface area contributed by atoms with E-state index in [1.807, 2.05) is 24.3 Å². The van der Waals surface area contributed by atoms with Gasteiger partial charge in [-0.15, -0.1) is 0 Å². The van der Waals surface area contributed by atoms with E-state index in [0.29, 0.717) is 19.3 Å². The van der Waals surface area contributed by atoms with Crippen molar-refractivity contribution in [3.8, 4) is 5.75 Å². The van der Waals surface area contributed by atoms with Gasteiger partial charge in [-0.05, 0) is 60.7 Å². The normalized spacial score (nSPS) is 15.6. The Hall–Kier alpha value is -3.19. The van der Waals surface area contributed by atoms with Crippen LogP contribution in [0, 0.1) is 5.82 Å². The van der Waals surface area contributed by atoms with Crippen molar-refractivity contribution in [3.05, 3.63) is 65.1 Å². The van der Waals surface area contributed by atoms with Crippen molar-refractivity contribution >= 4 is 22.7 Å². The molecule has 1 heterocycles. The van der Waals surface area contributed by atoms with Crippen LogP contribution in [0.4, 0.5) is 4.39 Å². The molecule has 0 saturated heterocycles. The maximum atomic E-state index is 13.9. The second-order valence-corrected chi connectivity index (χ2v) is 7.95. The minimum absolute atomic E-state index is 0.0777. The molecule has 0 saturated carbocycles. The van der Waals surface area contributed by atoms with Crippen LogP contribution in [-0.2, 0) is 35.4 Å². The topological polar surface area (TPSA) is 80.6 Å². The number of carbonyl (C=O) groups is 2. The van der Waals surface area contributed by atoms with Gasteiger partial charge >= 0.3 is 5.97 Å². The van der Waals surface area contributed by atoms with Gasteiger partial charge < -0.3 is 19.7 Å². The number of ether oxygens (including phenoxy) is 1. The van der Waals surface area contributed by atoms with Gasteiger partial charge in [0.05, 0.1) is 13.7 Å². The lowest BCUT2D eigenvalue weighted by atomic mass is 9.91. The monoisotopic (exact) mass is 424 g/mol. The number of fused-ring (bicyclic) bond motifs is 3. The van der Waals surface area contributed by atoms with E-state index in [-0.39, 0.29) is 30.7 Å². The first-order valence-electron chi connectivity index (χ1n) is 10.3.